The lowest BCUT2D eigenvalue weighted by atomic mass is 9.87. The Morgan fingerprint density at radius 3 is 2.35 bits per heavy atom. The lowest BCUT2D eigenvalue weighted by Crippen LogP contribution is -2.28. The molecule has 1 aromatic heterocycles. The molecule has 0 aliphatic carbocycles. The van der Waals surface area contributed by atoms with Crippen LogP contribution in [0.4, 0.5) is 0 Å². The first-order valence-corrected chi connectivity index (χ1v) is 5.73. The van der Waals surface area contributed by atoms with E-state index in [1.807, 2.05) is 34.6 Å². The van der Waals surface area contributed by atoms with Crippen molar-refractivity contribution in [3.8, 4) is 0 Å². The van der Waals surface area contributed by atoms with Crippen LogP contribution in [0.2, 0.25) is 0 Å². The molecule has 0 saturated heterocycles. The van der Waals surface area contributed by atoms with Crippen LogP contribution in [0, 0.1) is 5.41 Å². The van der Waals surface area contributed by atoms with Crippen LogP contribution in [0.15, 0.2) is 4.52 Å². The molecule has 0 aliphatic heterocycles. The highest BCUT2D eigenvalue weighted by Gasteiger charge is 2.29. The molecule has 1 aromatic rings. The summed E-state index contributed by atoms with van der Waals surface area (Å²) in [5.74, 6) is 0.934. The largest absolute Gasteiger partial charge is 0.392 e. The van der Waals surface area contributed by atoms with E-state index in [9.17, 15) is 5.11 Å². The van der Waals surface area contributed by atoms with E-state index < -0.39 is 11.7 Å². The van der Waals surface area contributed by atoms with Gasteiger partial charge < -0.3 is 14.4 Å². The molecule has 0 fully saturated rings. The summed E-state index contributed by atoms with van der Waals surface area (Å²) in [6.45, 7) is 9.62. The zero-order valence-electron chi connectivity index (χ0n) is 11.4. The SMILES string of the molecule is COC(C)(C)c1noc(CC(O)C(C)(C)C)n1. The monoisotopic (exact) mass is 242 g/mol. The predicted octanol–water partition coefficient (Wildman–Crippen LogP) is 1.90. The first-order valence-electron chi connectivity index (χ1n) is 5.73. The maximum absolute atomic E-state index is 9.95. The average molecular weight is 242 g/mol. The van der Waals surface area contributed by atoms with Gasteiger partial charge in [0.15, 0.2) is 0 Å². The van der Waals surface area contributed by atoms with E-state index >= 15 is 0 Å². The summed E-state index contributed by atoms with van der Waals surface area (Å²) < 4.78 is 10.4. The Morgan fingerprint density at radius 1 is 1.29 bits per heavy atom. The maximum atomic E-state index is 9.95. The van der Waals surface area contributed by atoms with Crippen LogP contribution in [-0.4, -0.2) is 28.5 Å². The van der Waals surface area contributed by atoms with Crippen molar-refractivity contribution in [1.29, 1.82) is 0 Å². The number of aromatic nitrogens is 2. The lowest BCUT2D eigenvalue weighted by Gasteiger charge is -2.24. The summed E-state index contributed by atoms with van der Waals surface area (Å²) in [5, 5.41) is 13.8. The van der Waals surface area contributed by atoms with E-state index in [1.165, 1.54) is 0 Å². The van der Waals surface area contributed by atoms with Gasteiger partial charge in [-0.2, -0.15) is 4.98 Å². The van der Waals surface area contributed by atoms with Crippen LogP contribution in [0.5, 0.6) is 0 Å². The highest BCUT2D eigenvalue weighted by molar-refractivity contribution is 4.98. The van der Waals surface area contributed by atoms with Gasteiger partial charge in [-0.1, -0.05) is 25.9 Å². The van der Waals surface area contributed by atoms with Crippen molar-refractivity contribution in [1.82, 2.24) is 10.1 Å². The summed E-state index contributed by atoms with van der Waals surface area (Å²) in [6, 6.07) is 0. The van der Waals surface area contributed by atoms with Gasteiger partial charge in [0.05, 0.1) is 12.5 Å². The zero-order valence-corrected chi connectivity index (χ0v) is 11.4. The van der Waals surface area contributed by atoms with E-state index in [2.05, 4.69) is 10.1 Å². The van der Waals surface area contributed by atoms with E-state index in [1.54, 1.807) is 7.11 Å². The van der Waals surface area contributed by atoms with Crippen molar-refractivity contribution >= 4 is 0 Å². The lowest BCUT2D eigenvalue weighted by molar-refractivity contribution is 0.00973. The highest BCUT2D eigenvalue weighted by Crippen LogP contribution is 2.24. The first-order chi connectivity index (χ1) is 7.66. The van der Waals surface area contributed by atoms with Crippen LogP contribution >= 0.6 is 0 Å². The quantitative estimate of drug-likeness (QED) is 0.873. The van der Waals surface area contributed by atoms with Crippen molar-refractivity contribution in [3.63, 3.8) is 0 Å². The Kier molecular flexibility index (Phi) is 3.94. The minimum atomic E-state index is -0.575. The first kappa shape index (κ1) is 14.1. The summed E-state index contributed by atoms with van der Waals surface area (Å²) in [7, 11) is 1.60. The topological polar surface area (TPSA) is 68.4 Å². The second-order valence-electron chi connectivity index (χ2n) is 5.81. The Hall–Kier alpha value is -0.940. The predicted molar refractivity (Wildman–Crippen MR) is 63.5 cm³/mol. The second kappa shape index (κ2) is 4.74. The van der Waals surface area contributed by atoms with Crippen LogP contribution in [0.3, 0.4) is 0 Å². The average Bonchev–Trinajstić information content (AvgIpc) is 2.65. The molecule has 0 bridgehead atoms. The zero-order chi connectivity index (χ0) is 13.3. The molecule has 17 heavy (non-hydrogen) atoms. The van der Waals surface area contributed by atoms with Crippen molar-refractivity contribution < 1.29 is 14.4 Å². The smallest absolute Gasteiger partial charge is 0.229 e. The molecule has 0 saturated carbocycles. The molecule has 1 N–H and O–H groups in total. The molecule has 0 aromatic carbocycles. The van der Waals surface area contributed by atoms with Gasteiger partial charge >= 0.3 is 0 Å². The number of ether oxygens (including phenoxy) is 1. The number of methoxy groups -OCH3 is 1. The van der Waals surface area contributed by atoms with E-state index in [4.69, 9.17) is 9.26 Å². The third-order valence-corrected chi connectivity index (χ3v) is 2.88. The normalized spacial score (nSPS) is 15.0. The van der Waals surface area contributed by atoms with Gasteiger partial charge in [-0.05, 0) is 19.3 Å². The van der Waals surface area contributed by atoms with E-state index in [-0.39, 0.29) is 5.41 Å². The van der Waals surface area contributed by atoms with Crippen molar-refractivity contribution in [2.24, 2.45) is 5.41 Å². The van der Waals surface area contributed by atoms with Gasteiger partial charge in [-0.15, -0.1) is 0 Å². The number of rotatable bonds is 4. The Labute approximate surface area is 102 Å². The second-order valence-corrected chi connectivity index (χ2v) is 5.81. The van der Waals surface area contributed by atoms with Gasteiger partial charge in [0.25, 0.3) is 0 Å². The number of hydrogen-bond donors (Lipinski definition) is 1. The number of aliphatic hydroxyl groups is 1. The van der Waals surface area contributed by atoms with Crippen LogP contribution in [0.25, 0.3) is 0 Å². The van der Waals surface area contributed by atoms with Crippen molar-refractivity contribution in [3.05, 3.63) is 11.7 Å². The number of hydrogen-bond acceptors (Lipinski definition) is 5. The Morgan fingerprint density at radius 2 is 1.88 bits per heavy atom. The standard InChI is InChI=1S/C12H22N2O3/c1-11(2,3)8(15)7-9-13-10(14-17-9)12(4,5)16-6/h8,15H,7H2,1-6H3. The third kappa shape index (κ3) is 3.51. The molecular formula is C12H22N2O3. The summed E-state index contributed by atoms with van der Waals surface area (Å²) >= 11 is 0. The summed E-state index contributed by atoms with van der Waals surface area (Å²) in [5.41, 5.74) is -0.778. The Bertz CT molecular complexity index is 366. The molecule has 98 valence electrons. The van der Waals surface area contributed by atoms with Crippen molar-refractivity contribution in [2.45, 2.75) is 52.7 Å². The van der Waals surface area contributed by atoms with E-state index in [0.717, 1.165) is 0 Å². The molecule has 1 rings (SSSR count). The molecule has 0 amide bonds. The molecular weight excluding hydrogens is 220 g/mol. The molecule has 0 spiro atoms. The van der Waals surface area contributed by atoms with E-state index in [0.29, 0.717) is 18.1 Å². The van der Waals surface area contributed by atoms with Crippen LogP contribution < -0.4 is 0 Å². The van der Waals surface area contributed by atoms with Gasteiger partial charge in [0, 0.05) is 7.11 Å². The highest BCUT2D eigenvalue weighted by atomic mass is 16.5. The van der Waals surface area contributed by atoms with Crippen LogP contribution in [-0.2, 0) is 16.8 Å². The number of nitrogens with zero attached hydrogens (tertiary/aromatic N) is 2. The molecule has 0 radical (unpaired) electrons. The molecule has 0 aliphatic rings. The fourth-order valence-electron chi connectivity index (χ4n) is 1.15. The molecule has 1 atom stereocenters. The molecule has 5 heteroatoms. The fourth-order valence-corrected chi connectivity index (χ4v) is 1.15. The van der Waals surface area contributed by atoms with Crippen LogP contribution in [0.1, 0.15) is 46.3 Å². The van der Waals surface area contributed by atoms with Crippen molar-refractivity contribution in [2.75, 3.05) is 7.11 Å². The number of aliphatic hydroxyl groups excluding tert-OH is 1. The molecule has 5 nitrogen and oxygen atoms in total. The molecule has 1 heterocycles. The summed E-state index contributed by atoms with van der Waals surface area (Å²) in [6.07, 6.45) is -0.155. The van der Waals surface area contributed by atoms with Gasteiger partial charge in [0.2, 0.25) is 11.7 Å². The van der Waals surface area contributed by atoms with Gasteiger partial charge in [-0.3, -0.25) is 0 Å². The Balaban J connectivity index is 2.76. The minimum absolute atomic E-state index is 0.203. The minimum Gasteiger partial charge on any atom is -0.392 e. The van der Waals surface area contributed by atoms with Gasteiger partial charge in [-0.25, -0.2) is 0 Å². The van der Waals surface area contributed by atoms with Gasteiger partial charge in [0.1, 0.15) is 5.60 Å². The molecule has 1 unspecified atom stereocenters. The fraction of sp³-hybridized carbons (Fsp3) is 0.833. The third-order valence-electron chi connectivity index (χ3n) is 2.88. The maximum Gasteiger partial charge on any atom is 0.229 e. The summed E-state index contributed by atoms with van der Waals surface area (Å²) in [4.78, 5) is 4.24.